The van der Waals surface area contributed by atoms with Gasteiger partial charge in [-0.2, -0.15) is 0 Å². The summed E-state index contributed by atoms with van der Waals surface area (Å²) in [6.45, 7) is 1.76. The highest BCUT2D eigenvalue weighted by Crippen LogP contribution is 2.34. The predicted molar refractivity (Wildman–Crippen MR) is 139 cm³/mol. The minimum Gasteiger partial charge on any atom is -0.468 e. The summed E-state index contributed by atoms with van der Waals surface area (Å²) in [4.78, 5) is 44.1. The summed E-state index contributed by atoms with van der Waals surface area (Å²) in [6.07, 6.45) is 13.4. The monoisotopic (exact) mass is 497 g/mol. The summed E-state index contributed by atoms with van der Waals surface area (Å²) in [5.74, 6) is -0.716. The highest BCUT2D eigenvalue weighted by Gasteiger charge is 2.42. The van der Waals surface area contributed by atoms with E-state index in [0.29, 0.717) is 11.6 Å². The lowest BCUT2D eigenvalue weighted by molar-refractivity contribution is -0.142. The van der Waals surface area contributed by atoms with Crippen LogP contribution in [0.5, 0.6) is 0 Å². The molecule has 0 spiro atoms. The number of likely N-dealkylation sites (tertiary alicyclic amines) is 1. The van der Waals surface area contributed by atoms with Gasteiger partial charge in [-0.25, -0.2) is 0 Å². The molecule has 1 unspecified atom stereocenters. The smallest absolute Gasteiger partial charge is 0.325 e. The zero-order valence-electron chi connectivity index (χ0n) is 21.8. The van der Waals surface area contributed by atoms with Crippen molar-refractivity contribution in [2.24, 2.45) is 5.92 Å². The van der Waals surface area contributed by atoms with Crippen molar-refractivity contribution in [1.29, 1.82) is 0 Å². The van der Waals surface area contributed by atoms with E-state index in [1.807, 2.05) is 35.2 Å². The molecule has 0 bridgehead atoms. The quantitative estimate of drug-likeness (QED) is 0.546. The molecule has 1 heterocycles. The summed E-state index contributed by atoms with van der Waals surface area (Å²) >= 11 is 0. The van der Waals surface area contributed by atoms with Gasteiger partial charge in [-0.3, -0.25) is 14.4 Å². The first-order chi connectivity index (χ1) is 17.6. The Hall–Kier alpha value is -2.41. The van der Waals surface area contributed by atoms with Gasteiger partial charge in [0.15, 0.2) is 0 Å². The van der Waals surface area contributed by atoms with Crippen LogP contribution in [-0.4, -0.2) is 72.5 Å². The van der Waals surface area contributed by atoms with Crippen LogP contribution in [0.25, 0.3) is 0 Å². The Morgan fingerprint density at radius 3 is 2.14 bits per heavy atom. The Morgan fingerprint density at radius 2 is 1.53 bits per heavy atom. The number of methoxy groups -OCH3 is 1. The highest BCUT2D eigenvalue weighted by atomic mass is 16.5. The van der Waals surface area contributed by atoms with E-state index in [4.69, 9.17) is 4.74 Å². The van der Waals surface area contributed by atoms with Gasteiger partial charge in [0, 0.05) is 17.6 Å². The number of carbonyl (C=O) groups is 3. The molecule has 4 rings (SSSR count). The fourth-order valence-corrected chi connectivity index (χ4v) is 6.56. The second kappa shape index (κ2) is 13.2. The maximum Gasteiger partial charge on any atom is 0.325 e. The van der Waals surface area contributed by atoms with Crippen molar-refractivity contribution < 1.29 is 19.1 Å². The number of amides is 2. The van der Waals surface area contributed by atoms with E-state index >= 15 is 0 Å². The van der Waals surface area contributed by atoms with E-state index < -0.39 is 12.0 Å². The van der Waals surface area contributed by atoms with E-state index in [1.54, 1.807) is 0 Å². The van der Waals surface area contributed by atoms with Crippen LogP contribution in [-0.2, 0) is 14.3 Å². The van der Waals surface area contributed by atoms with Crippen molar-refractivity contribution >= 4 is 17.8 Å². The van der Waals surface area contributed by atoms with Crippen LogP contribution < -0.4 is 5.32 Å². The first-order valence-corrected chi connectivity index (χ1v) is 14.0. The Balaban J connectivity index is 1.58. The first kappa shape index (κ1) is 26.6. The molecule has 1 N–H and O–H groups in total. The number of carbonyl (C=O) groups excluding carboxylic acids is 3. The number of esters is 1. The van der Waals surface area contributed by atoms with Crippen LogP contribution in [0, 0.1) is 5.92 Å². The molecule has 7 heteroatoms. The molecular formula is C29H43N3O4. The summed E-state index contributed by atoms with van der Waals surface area (Å²) < 4.78 is 4.76. The maximum atomic E-state index is 14.0. The standard InChI is InChI=1S/C29H43N3O4/c1-36-26(33)21-30-28(34)27(22-17-19-31(20-18-22)24-13-7-3-8-14-24)32(25-15-9-4-10-16-25)29(35)23-11-5-2-6-12-23/h2,5-6,11-12,22,24-25,27H,3-4,7-10,13-21H2,1H3,(H,30,34). The molecule has 3 fully saturated rings. The number of rotatable bonds is 8. The van der Waals surface area contributed by atoms with Crippen LogP contribution in [0.2, 0.25) is 0 Å². The molecule has 7 nitrogen and oxygen atoms in total. The number of piperidine rings is 1. The van der Waals surface area contributed by atoms with Gasteiger partial charge in [0.2, 0.25) is 5.91 Å². The second-order valence-electron chi connectivity index (χ2n) is 10.8. The van der Waals surface area contributed by atoms with Gasteiger partial charge < -0.3 is 19.9 Å². The number of nitrogens with zero attached hydrogens (tertiary/aromatic N) is 2. The number of benzene rings is 1. The molecular weight excluding hydrogens is 454 g/mol. The highest BCUT2D eigenvalue weighted by molar-refractivity contribution is 5.98. The number of ether oxygens (including phenoxy) is 1. The van der Waals surface area contributed by atoms with Gasteiger partial charge in [0.25, 0.3) is 5.91 Å². The molecule has 2 aliphatic carbocycles. The normalized spacial score (nSPS) is 21.5. The molecule has 0 aromatic heterocycles. The minimum absolute atomic E-state index is 0.0386. The van der Waals surface area contributed by atoms with Crippen LogP contribution in [0.1, 0.15) is 87.4 Å². The SMILES string of the molecule is COC(=O)CNC(=O)C(C1CCN(C2CCCCC2)CC1)N(C(=O)c1ccccc1)C1CCCCC1. The zero-order chi connectivity index (χ0) is 25.3. The predicted octanol–water partition coefficient (Wildman–Crippen LogP) is 4.16. The van der Waals surface area contributed by atoms with Crippen LogP contribution in [0.3, 0.4) is 0 Å². The second-order valence-corrected chi connectivity index (χ2v) is 10.8. The Labute approximate surface area is 215 Å². The maximum absolute atomic E-state index is 14.0. The van der Waals surface area contributed by atoms with Gasteiger partial charge in [0.1, 0.15) is 12.6 Å². The molecule has 1 saturated heterocycles. The number of nitrogens with one attached hydrogen (secondary N) is 1. The zero-order valence-corrected chi connectivity index (χ0v) is 21.8. The molecule has 36 heavy (non-hydrogen) atoms. The Kier molecular flexibility index (Phi) is 9.79. The summed E-state index contributed by atoms with van der Waals surface area (Å²) in [7, 11) is 1.32. The molecule has 1 aliphatic heterocycles. The van der Waals surface area contributed by atoms with Crippen molar-refractivity contribution in [3.8, 4) is 0 Å². The van der Waals surface area contributed by atoms with Crippen molar-refractivity contribution in [3.05, 3.63) is 35.9 Å². The average molecular weight is 498 g/mol. The molecule has 1 aromatic rings. The van der Waals surface area contributed by atoms with E-state index in [1.165, 1.54) is 45.6 Å². The van der Waals surface area contributed by atoms with E-state index in [-0.39, 0.29) is 30.3 Å². The van der Waals surface area contributed by atoms with Crippen molar-refractivity contribution in [3.63, 3.8) is 0 Å². The molecule has 2 saturated carbocycles. The van der Waals surface area contributed by atoms with Gasteiger partial charge in [-0.15, -0.1) is 0 Å². The third kappa shape index (κ3) is 6.67. The van der Waals surface area contributed by atoms with Gasteiger partial charge >= 0.3 is 5.97 Å². The lowest BCUT2D eigenvalue weighted by Crippen LogP contribution is -2.59. The summed E-state index contributed by atoms with van der Waals surface area (Å²) in [5.41, 5.74) is 0.619. The summed E-state index contributed by atoms with van der Waals surface area (Å²) in [6, 6.07) is 9.45. The fourth-order valence-electron chi connectivity index (χ4n) is 6.56. The molecule has 0 radical (unpaired) electrons. The van der Waals surface area contributed by atoms with Gasteiger partial charge in [0.05, 0.1) is 7.11 Å². The summed E-state index contributed by atoms with van der Waals surface area (Å²) in [5, 5.41) is 2.81. The topological polar surface area (TPSA) is 79.0 Å². The van der Waals surface area contributed by atoms with Crippen molar-refractivity contribution in [2.75, 3.05) is 26.7 Å². The van der Waals surface area contributed by atoms with Crippen molar-refractivity contribution in [1.82, 2.24) is 15.1 Å². The first-order valence-electron chi connectivity index (χ1n) is 14.0. The van der Waals surface area contributed by atoms with Crippen LogP contribution >= 0.6 is 0 Å². The lowest BCUT2D eigenvalue weighted by Gasteiger charge is -2.46. The minimum atomic E-state index is -0.584. The van der Waals surface area contributed by atoms with Gasteiger partial charge in [-0.1, -0.05) is 56.7 Å². The molecule has 3 aliphatic rings. The van der Waals surface area contributed by atoms with E-state index in [9.17, 15) is 14.4 Å². The van der Waals surface area contributed by atoms with Crippen molar-refractivity contribution in [2.45, 2.75) is 95.2 Å². The molecule has 1 atom stereocenters. The third-order valence-corrected chi connectivity index (χ3v) is 8.54. The largest absolute Gasteiger partial charge is 0.468 e. The average Bonchev–Trinajstić information content (AvgIpc) is 2.95. The number of hydrogen-bond donors (Lipinski definition) is 1. The van der Waals surface area contributed by atoms with Crippen LogP contribution in [0.4, 0.5) is 0 Å². The fraction of sp³-hybridized carbons (Fsp3) is 0.690. The third-order valence-electron chi connectivity index (χ3n) is 8.54. The Bertz CT molecular complexity index is 857. The lowest BCUT2D eigenvalue weighted by atomic mass is 9.83. The van der Waals surface area contributed by atoms with Crippen LogP contribution in [0.15, 0.2) is 30.3 Å². The Morgan fingerprint density at radius 1 is 0.917 bits per heavy atom. The molecule has 198 valence electrons. The van der Waals surface area contributed by atoms with E-state index in [0.717, 1.165) is 51.6 Å². The van der Waals surface area contributed by atoms with E-state index in [2.05, 4.69) is 10.2 Å². The van der Waals surface area contributed by atoms with Gasteiger partial charge in [-0.05, 0) is 69.7 Å². The number of hydrogen-bond acceptors (Lipinski definition) is 5. The molecule has 1 aromatic carbocycles. The molecule has 2 amide bonds.